The number of thiophene rings is 1. The molecule has 1 aromatic rings. The molecule has 0 saturated carbocycles. The average molecular weight is 398 g/mol. The predicted octanol–water partition coefficient (Wildman–Crippen LogP) is 3.85. The summed E-state index contributed by atoms with van der Waals surface area (Å²) in [5, 5.41) is 8.97. The standard InChI is InChI=1S/C14H24BrNO3S2/c1-2-3-4-5-6-10-16(11-7-12-17)21(18,19)14-9-8-13(15)20-14/h8-9,17H,2-7,10-12H2,1H3. The molecule has 0 fully saturated rings. The third kappa shape index (κ3) is 6.36. The molecule has 0 aromatic carbocycles. The van der Waals surface area contributed by atoms with Crippen molar-refractivity contribution in [3.05, 3.63) is 15.9 Å². The van der Waals surface area contributed by atoms with Crippen molar-refractivity contribution in [2.75, 3.05) is 19.7 Å². The fourth-order valence-corrected chi connectivity index (χ4v) is 5.74. The summed E-state index contributed by atoms with van der Waals surface area (Å²) in [5.74, 6) is 0. The smallest absolute Gasteiger partial charge is 0.252 e. The topological polar surface area (TPSA) is 57.6 Å². The highest BCUT2D eigenvalue weighted by atomic mass is 79.9. The zero-order valence-electron chi connectivity index (χ0n) is 12.4. The van der Waals surface area contributed by atoms with Gasteiger partial charge >= 0.3 is 0 Å². The molecular formula is C14H24BrNO3S2. The Morgan fingerprint density at radius 3 is 2.38 bits per heavy atom. The number of halogens is 1. The van der Waals surface area contributed by atoms with Crippen LogP contribution in [0.15, 0.2) is 20.1 Å². The van der Waals surface area contributed by atoms with Crippen molar-refractivity contribution in [1.82, 2.24) is 4.31 Å². The molecule has 122 valence electrons. The third-order valence-electron chi connectivity index (χ3n) is 3.22. The summed E-state index contributed by atoms with van der Waals surface area (Å²) in [6, 6.07) is 3.39. The number of hydrogen-bond donors (Lipinski definition) is 1. The van der Waals surface area contributed by atoms with E-state index in [1.54, 1.807) is 12.1 Å². The summed E-state index contributed by atoms with van der Waals surface area (Å²) in [6.45, 7) is 3.08. The van der Waals surface area contributed by atoms with Gasteiger partial charge in [0.1, 0.15) is 4.21 Å². The Labute approximate surface area is 140 Å². The number of rotatable bonds is 11. The number of nitrogens with zero attached hydrogens (tertiary/aromatic N) is 1. The zero-order chi connectivity index (χ0) is 15.7. The molecule has 0 atom stereocenters. The normalized spacial score (nSPS) is 12.2. The first-order valence-electron chi connectivity index (χ1n) is 7.38. The van der Waals surface area contributed by atoms with Gasteiger partial charge in [0, 0.05) is 19.7 Å². The van der Waals surface area contributed by atoms with Gasteiger partial charge in [-0.2, -0.15) is 4.31 Å². The summed E-state index contributed by atoms with van der Waals surface area (Å²) in [5.41, 5.74) is 0. The maximum Gasteiger partial charge on any atom is 0.252 e. The largest absolute Gasteiger partial charge is 0.396 e. The van der Waals surface area contributed by atoms with Crippen LogP contribution >= 0.6 is 27.3 Å². The Morgan fingerprint density at radius 1 is 1.14 bits per heavy atom. The molecule has 21 heavy (non-hydrogen) atoms. The van der Waals surface area contributed by atoms with Crippen LogP contribution in [0.25, 0.3) is 0 Å². The van der Waals surface area contributed by atoms with Gasteiger partial charge in [-0.25, -0.2) is 8.42 Å². The summed E-state index contributed by atoms with van der Waals surface area (Å²) in [6.07, 6.45) is 5.91. The van der Waals surface area contributed by atoms with Gasteiger partial charge in [-0.3, -0.25) is 0 Å². The number of aliphatic hydroxyl groups is 1. The second-order valence-electron chi connectivity index (χ2n) is 4.95. The van der Waals surface area contributed by atoms with E-state index in [9.17, 15) is 8.42 Å². The monoisotopic (exact) mass is 397 g/mol. The van der Waals surface area contributed by atoms with Crippen LogP contribution < -0.4 is 0 Å². The minimum Gasteiger partial charge on any atom is -0.396 e. The van der Waals surface area contributed by atoms with Gasteiger partial charge in [-0.15, -0.1) is 11.3 Å². The first kappa shape index (κ1) is 19.1. The number of sulfonamides is 1. The van der Waals surface area contributed by atoms with Crippen LogP contribution in [0.5, 0.6) is 0 Å². The Kier molecular flexibility index (Phi) is 9.04. The first-order valence-corrected chi connectivity index (χ1v) is 10.4. The second kappa shape index (κ2) is 9.94. The van der Waals surface area contributed by atoms with Crippen LogP contribution in [0, 0.1) is 0 Å². The Morgan fingerprint density at radius 2 is 1.81 bits per heavy atom. The Balaban J connectivity index is 2.67. The molecule has 0 aliphatic rings. The molecule has 0 bridgehead atoms. The molecule has 1 rings (SSSR count). The lowest BCUT2D eigenvalue weighted by Crippen LogP contribution is -2.33. The number of hydrogen-bond acceptors (Lipinski definition) is 4. The van der Waals surface area contributed by atoms with Crippen molar-refractivity contribution in [2.45, 2.75) is 49.7 Å². The van der Waals surface area contributed by atoms with Crippen molar-refractivity contribution >= 4 is 37.3 Å². The third-order valence-corrected chi connectivity index (χ3v) is 7.21. The lowest BCUT2D eigenvalue weighted by atomic mass is 10.1. The van der Waals surface area contributed by atoms with Gasteiger partial charge in [0.25, 0.3) is 10.0 Å². The lowest BCUT2D eigenvalue weighted by Gasteiger charge is -2.21. The molecule has 0 saturated heterocycles. The number of unbranched alkanes of at least 4 members (excludes halogenated alkanes) is 4. The van der Waals surface area contributed by atoms with E-state index < -0.39 is 10.0 Å². The van der Waals surface area contributed by atoms with Gasteiger partial charge in [0.2, 0.25) is 0 Å². The molecular weight excluding hydrogens is 374 g/mol. The van der Waals surface area contributed by atoms with Crippen LogP contribution in [0.4, 0.5) is 0 Å². The molecule has 0 unspecified atom stereocenters. The van der Waals surface area contributed by atoms with E-state index in [1.165, 1.54) is 28.5 Å². The van der Waals surface area contributed by atoms with Crippen LogP contribution in [0.1, 0.15) is 45.4 Å². The van der Waals surface area contributed by atoms with E-state index in [2.05, 4.69) is 22.9 Å². The van der Waals surface area contributed by atoms with Gasteiger partial charge in [0.05, 0.1) is 3.79 Å². The number of aliphatic hydroxyl groups excluding tert-OH is 1. The van der Waals surface area contributed by atoms with E-state index in [0.29, 0.717) is 23.7 Å². The minimum atomic E-state index is -3.43. The van der Waals surface area contributed by atoms with E-state index in [4.69, 9.17) is 5.11 Å². The summed E-state index contributed by atoms with van der Waals surface area (Å²) >= 11 is 4.53. The van der Waals surface area contributed by atoms with Crippen molar-refractivity contribution in [2.24, 2.45) is 0 Å². The van der Waals surface area contributed by atoms with Gasteiger partial charge in [0.15, 0.2) is 0 Å². The van der Waals surface area contributed by atoms with Crippen molar-refractivity contribution in [3.63, 3.8) is 0 Å². The zero-order valence-corrected chi connectivity index (χ0v) is 15.6. The van der Waals surface area contributed by atoms with Gasteiger partial charge in [-0.05, 0) is 40.9 Å². The minimum absolute atomic E-state index is 0.00991. The maximum atomic E-state index is 12.6. The van der Waals surface area contributed by atoms with E-state index >= 15 is 0 Å². The fourth-order valence-electron chi connectivity index (χ4n) is 2.05. The highest BCUT2D eigenvalue weighted by molar-refractivity contribution is 9.11. The lowest BCUT2D eigenvalue weighted by molar-refractivity contribution is 0.268. The summed E-state index contributed by atoms with van der Waals surface area (Å²) < 4.78 is 27.9. The maximum absolute atomic E-state index is 12.6. The second-order valence-corrected chi connectivity index (χ2v) is 9.58. The molecule has 1 heterocycles. The quantitative estimate of drug-likeness (QED) is 0.576. The predicted molar refractivity (Wildman–Crippen MR) is 91.2 cm³/mol. The molecule has 1 aromatic heterocycles. The Bertz CT molecular complexity index is 502. The van der Waals surface area contributed by atoms with Crippen LogP contribution in [-0.2, 0) is 10.0 Å². The van der Waals surface area contributed by atoms with Crippen LogP contribution in [-0.4, -0.2) is 37.5 Å². The van der Waals surface area contributed by atoms with Crippen LogP contribution in [0.3, 0.4) is 0 Å². The molecule has 4 nitrogen and oxygen atoms in total. The highest BCUT2D eigenvalue weighted by Gasteiger charge is 2.25. The Hall–Kier alpha value is 0.0500. The molecule has 1 N–H and O–H groups in total. The molecule has 0 radical (unpaired) electrons. The fraction of sp³-hybridized carbons (Fsp3) is 0.714. The van der Waals surface area contributed by atoms with Crippen molar-refractivity contribution in [1.29, 1.82) is 0 Å². The summed E-state index contributed by atoms with van der Waals surface area (Å²) in [7, 11) is -3.43. The first-order chi connectivity index (χ1) is 10.0. The molecule has 0 amide bonds. The van der Waals surface area contributed by atoms with E-state index in [-0.39, 0.29) is 6.61 Å². The highest BCUT2D eigenvalue weighted by Crippen LogP contribution is 2.28. The van der Waals surface area contributed by atoms with E-state index in [1.807, 2.05) is 0 Å². The summed E-state index contributed by atoms with van der Waals surface area (Å²) in [4.78, 5) is 0. The van der Waals surface area contributed by atoms with E-state index in [0.717, 1.165) is 23.0 Å². The van der Waals surface area contributed by atoms with Crippen molar-refractivity contribution < 1.29 is 13.5 Å². The molecule has 0 spiro atoms. The van der Waals surface area contributed by atoms with Gasteiger partial charge < -0.3 is 5.11 Å². The molecule has 0 aliphatic carbocycles. The average Bonchev–Trinajstić information content (AvgIpc) is 2.89. The SMILES string of the molecule is CCCCCCCN(CCCO)S(=O)(=O)c1ccc(Br)s1. The van der Waals surface area contributed by atoms with Gasteiger partial charge in [-0.1, -0.05) is 32.6 Å². The van der Waals surface area contributed by atoms with Crippen molar-refractivity contribution in [3.8, 4) is 0 Å². The molecule has 7 heteroatoms. The van der Waals surface area contributed by atoms with Crippen LogP contribution in [0.2, 0.25) is 0 Å². The molecule has 0 aliphatic heterocycles.